The lowest BCUT2D eigenvalue weighted by Gasteiger charge is -2.23. The van der Waals surface area contributed by atoms with Gasteiger partial charge in [0.1, 0.15) is 5.82 Å². The Kier molecular flexibility index (Phi) is 4.84. The molecular formula is C14H22ClN3. The fourth-order valence-electron chi connectivity index (χ4n) is 2.63. The molecule has 0 aromatic carbocycles. The van der Waals surface area contributed by atoms with Gasteiger partial charge in [0.15, 0.2) is 0 Å². The van der Waals surface area contributed by atoms with E-state index in [0.29, 0.717) is 6.54 Å². The summed E-state index contributed by atoms with van der Waals surface area (Å²) in [5.41, 5.74) is 6.68. The van der Waals surface area contributed by atoms with Crippen molar-refractivity contribution >= 4 is 17.4 Å². The quantitative estimate of drug-likeness (QED) is 0.914. The van der Waals surface area contributed by atoms with Crippen molar-refractivity contribution in [2.75, 3.05) is 18.0 Å². The molecule has 1 aromatic heterocycles. The van der Waals surface area contributed by atoms with Crippen LogP contribution < -0.4 is 10.6 Å². The smallest absolute Gasteiger partial charge is 0.147 e. The maximum Gasteiger partial charge on any atom is 0.147 e. The van der Waals surface area contributed by atoms with Crippen molar-refractivity contribution in [1.82, 2.24) is 4.98 Å². The summed E-state index contributed by atoms with van der Waals surface area (Å²) in [6.45, 7) is 4.86. The topological polar surface area (TPSA) is 42.2 Å². The van der Waals surface area contributed by atoms with Gasteiger partial charge >= 0.3 is 0 Å². The second-order valence-electron chi connectivity index (χ2n) is 5.00. The van der Waals surface area contributed by atoms with Crippen LogP contribution in [-0.4, -0.2) is 18.1 Å². The lowest BCUT2D eigenvalue weighted by molar-refractivity contribution is 0.459. The molecule has 0 aliphatic carbocycles. The Hall–Kier alpha value is -0.800. The van der Waals surface area contributed by atoms with Gasteiger partial charge in [0.05, 0.1) is 5.02 Å². The van der Waals surface area contributed by atoms with Crippen molar-refractivity contribution in [3.8, 4) is 0 Å². The molecule has 4 heteroatoms. The second-order valence-corrected chi connectivity index (χ2v) is 5.38. The Labute approximate surface area is 114 Å². The van der Waals surface area contributed by atoms with Crippen molar-refractivity contribution in [3.63, 3.8) is 0 Å². The van der Waals surface area contributed by atoms with Crippen LogP contribution in [0.4, 0.5) is 5.82 Å². The van der Waals surface area contributed by atoms with Gasteiger partial charge in [-0.3, -0.25) is 0 Å². The third-order valence-electron chi connectivity index (χ3n) is 3.90. The minimum atomic E-state index is 0.472. The minimum Gasteiger partial charge on any atom is -0.355 e. The monoisotopic (exact) mass is 267 g/mol. The number of nitrogens with zero attached hydrogens (tertiary/aromatic N) is 2. The van der Waals surface area contributed by atoms with Crippen molar-refractivity contribution in [1.29, 1.82) is 0 Å². The molecule has 1 unspecified atom stereocenters. The van der Waals surface area contributed by atoms with Gasteiger partial charge in [0.25, 0.3) is 0 Å². The first-order chi connectivity index (χ1) is 8.76. The molecule has 0 bridgehead atoms. The van der Waals surface area contributed by atoms with Gasteiger partial charge in [-0.15, -0.1) is 0 Å². The predicted molar refractivity (Wildman–Crippen MR) is 77.0 cm³/mol. The van der Waals surface area contributed by atoms with Gasteiger partial charge < -0.3 is 10.6 Å². The van der Waals surface area contributed by atoms with Gasteiger partial charge in [-0.25, -0.2) is 4.98 Å². The minimum absolute atomic E-state index is 0.472. The average molecular weight is 268 g/mol. The van der Waals surface area contributed by atoms with Crippen LogP contribution >= 0.6 is 11.6 Å². The van der Waals surface area contributed by atoms with E-state index in [4.69, 9.17) is 17.3 Å². The summed E-state index contributed by atoms with van der Waals surface area (Å²) in [7, 11) is 0. The van der Waals surface area contributed by atoms with E-state index < -0.39 is 0 Å². The third kappa shape index (κ3) is 2.96. The molecule has 2 heterocycles. The highest BCUT2D eigenvalue weighted by molar-refractivity contribution is 6.33. The maximum absolute atomic E-state index is 6.38. The van der Waals surface area contributed by atoms with Crippen molar-refractivity contribution in [2.45, 2.75) is 39.2 Å². The molecule has 100 valence electrons. The molecule has 0 radical (unpaired) electrons. The predicted octanol–water partition coefficient (Wildman–Crippen LogP) is 3.21. The van der Waals surface area contributed by atoms with E-state index in [9.17, 15) is 0 Å². The van der Waals surface area contributed by atoms with Crippen LogP contribution in [0, 0.1) is 5.92 Å². The van der Waals surface area contributed by atoms with Crippen LogP contribution in [0.25, 0.3) is 0 Å². The van der Waals surface area contributed by atoms with Gasteiger partial charge in [-0.05, 0) is 36.8 Å². The zero-order chi connectivity index (χ0) is 13.0. The number of pyridine rings is 1. The van der Waals surface area contributed by atoms with Crippen molar-refractivity contribution in [2.24, 2.45) is 11.7 Å². The lowest BCUT2D eigenvalue weighted by Crippen LogP contribution is -2.26. The fourth-order valence-corrected chi connectivity index (χ4v) is 2.94. The maximum atomic E-state index is 6.38. The van der Waals surface area contributed by atoms with Gasteiger partial charge in [0, 0.05) is 25.8 Å². The summed E-state index contributed by atoms with van der Waals surface area (Å²) >= 11 is 6.38. The van der Waals surface area contributed by atoms with E-state index in [2.05, 4.69) is 16.8 Å². The van der Waals surface area contributed by atoms with Gasteiger partial charge in [-0.1, -0.05) is 24.9 Å². The molecule has 1 atom stereocenters. The fraction of sp³-hybridized carbons (Fsp3) is 0.643. The van der Waals surface area contributed by atoms with E-state index >= 15 is 0 Å². The highest BCUT2D eigenvalue weighted by Gasteiger charge is 2.19. The van der Waals surface area contributed by atoms with Crippen molar-refractivity contribution in [3.05, 3.63) is 22.8 Å². The Bertz CT molecular complexity index is 395. The molecule has 1 saturated heterocycles. The zero-order valence-electron chi connectivity index (χ0n) is 11.0. The molecule has 1 fully saturated rings. The molecule has 3 nitrogen and oxygen atoms in total. The van der Waals surface area contributed by atoms with E-state index in [1.54, 1.807) is 0 Å². The average Bonchev–Trinajstić information content (AvgIpc) is 2.64. The highest BCUT2D eigenvalue weighted by atomic mass is 35.5. The normalized spacial score (nSPS) is 20.8. The highest BCUT2D eigenvalue weighted by Crippen LogP contribution is 2.30. The molecule has 0 saturated carbocycles. The summed E-state index contributed by atoms with van der Waals surface area (Å²) < 4.78 is 0. The first kappa shape index (κ1) is 13.6. The summed E-state index contributed by atoms with van der Waals surface area (Å²) in [6, 6.07) is 1.90. The number of rotatable bonds is 3. The van der Waals surface area contributed by atoms with Crippen LogP contribution in [0.15, 0.2) is 12.3 Å². The number of anilines is 1. The molecule has 0 amide bonds. The molecule has 1 aliphatic heterocycles. The van der Waals surface area contributed by atoms with Gasteiger partial charge in [0.2, 0.25) is 0 Å². The summed E-state index contributed by atoms with van der Waals surface area (Å²) in [4.78, 5) is 6.76. The lowest BCUT2D eigenvalue weighted by atomic mass is 9.98. The van der Waals surface area contributed by atoms with Gasteiger partial charge in [-0.2, -0.15) is 0 Å². The Morgan fingerprint density at radius 3 is 3.00 bits per heavy atom. The number of aromatic nitrogens is 1. The van der Waals surface area contributed by atoms with E-state index in [1.165, 1.54) is 25.7 Å². The van der Waals surface area contributed by atoms with Crippen molar-refractivity contribution < 1.29 is 0 Å². The molecule has 18 heavy (non-hydrogen) atoms. The SMILES string of the molecule is CCC1CCCN(c2nccc(CN)c2Cl)CC1. The first-order valence-corrected chi connectivity index (χ1v) is 7.22. The molecule has 0 spiro atoms. The second kappa shape index (κ2) is 6.39. The summed E-state index contributed by atoms with van der Waals surface area (Å²) in [5, 5.41) is 0.731. The Morgan fingerprint density at radius 2 is 2.28 bits per heavy atom. The van der Waals surface area contributed by atoms with Crippen LogP contribution in [0.2, 0.25) is 5.02 Å². The van der Waals surface area contributed by atoms with E-state index in [0.717, 1.165) is 35.4 Å². The number of hydrogen-bond donors (Lipinski definition) is 1. The summed E-state index contributed by atoms with van der Waals surface area (Å²) in [5.74, 6) is 1.77. The Morgan fingerprint density at radius 1 is 1.44 bits per heavy atom. The van der Waals surface area contributed by atoms with Crippen LogP contribution in [0.3, 0.4) is 0 Å². The Balaban J connectivity index is 2.16. The zero-order valence-corrected chi connectivity index (χ0v) is 11.8. The largest absolute Gasteiger partial charge is 0.355 e. The molecule has 2 N–H and O–H groups in total. The van der Waals surface area contributed by atoms with Crippen LogP contribution in [0.1, 0.15) is 38.2 Å². The number of halogens is 1. The van der Waals surface area contributed by atoms with Crippen LogP contribution in [-0.2, 0) is 6.54 Å². The standard InChI is InChI=1S/C14H22ClN3/c1-2-11-4-3-8-18(9-6-11)14-13(15)12(10-16)5-7-17-14/h5,7,11H,2-4,6,8-10,16H2,1H3. The van der Waals surface area contributed by atoms with Crippen LogP contribution in [0.5, 0.6) is 0 Å². The molecule has 2 rings (SSSR count). The molecule has 1 aromatic rings. The molecular weight excluding hydrogens is 246 g/mol. The number of hydrogen-bond acceptors (Lipinski definition) is 3. The van der Waals surface area contributed by atoms with E-state index in [1.807, 2.05) is 12.3 Å². The first-order valence-electron chi connectivity index (χ1n) is 6.84. The van der Waals surface area contributed by atoms with E-state index in [-0.39, 0.29) is 0 Å². The molecule has 1 aliphatic rings. The number of nitrogens with two attached hydrogens (primary N) is 1. The summed E-state index contributed by atoms with van der Waals surface area (Å²) in [6.07, 6.45) is 6.87. The third-order valence-corrected chi connectivity index (χ3v) is 4.31.